The molecule has 0 aliphatic rings. The quantitative estimate of drug-likeness (QED) is 0.180. The minimum Gasteiger partial charge on any atom is -0.490 e. The van der Waals surface area contributed by atoms with Crippen molar-refractivity contribution >= 4 is 47.2 Å². The molecule has 3 rings (SSSR count). The van der Waals surface area contributed by atoms with Gasteiger partial charge in [0.1, 0.15) is 0 Å². The second-order valence-electron chi connectivity index (χ2n) is 7.49. The maximum absolute atomic E-state index is 12.5. The summed E-state index contributed by atoms with van der Waals surface area (Å²) in [6.45, 7) is 3.79. The summed E-state index contributed by atoms with van der Waals surface area (Å²) in [6, 6.07) is 16.2. The van der Waals surface area contributed by atoms with Gasteiger partial charge in [-0.15, -0.1) is 0 Å². The molecule has 0 radical (unpaired) electrons. The van der Waals surface area contributed by atoms with Crippen LogP contribution in [0.15, 0.2) is 65.8 Å². The average Bonchev–Trinajstić information content (AvgIpc) is 2.84. The van der Waals surface area contributed by atoms with Gasteiger partial charge >= 0.3 is 5.97 Å². The Bertz CT molecular complexity index is 1290. The summed E-state index contributed by atoms with van der Waals surface area (Å²) >= 11 is 12.0. The van der Waals surface area contributed by atoms with Crippen LogP contribution in [0.4, 0.5) is 0 Å². The molecule has 0 aromatic heterocycles. The van der Waals surface area contributed by atoms with Crippen LogP contribution >= 0.6 is 23.2 Å². The SMILES string of the molecule is CCOc1cc(C=NNC(=O)CNC(=O)c2ccc(C)cc2)ccc1OC(=O)c1ccc(Cl)cc1Cl. The van der Waals surface area contributed by atoms with E-state index < -0.39 is 11.9 Å². The van der Waals surface area contributed by atoms with E-state index in [1.54, 1.807) is 31.2 Å². The van der Waals surface area contributed by atoms with E-state index in [1.165, 1.54) is 30.5 Å². The highest BCUT2D eigenvalue weighted by molar-refractivity contribution is 6.36. The van der Waals surface area contributed by atoms with Gasteiger partial charge in [0.05, 0.1) is 30.0 Å². The average molecular weight is 528 g/mol. The molecule has 0 atom stereocenters. The van der Waals surface area contributed by atoms with Crippen LogP contribution in [-0.2, 0) is 4.79 Å². The molecule has 2 N–H and O–H groups in total. The predicted molar refractivity (Wildman–Crippen MR) is 138 cm³/mol. The van der Waals surface area contributed by atoms with Gasteiger partial charge in [0, 0.05) is 10.6 Å². The van der Waals surface area contributed by atoms with E-state index in [4.69, 9.17) is 32.7 Å². The van der Waals surface area contributed by atoms with Crippen LogP contribution in [0.25, 0.3) is 0 Å². The summed E-state index contributed by atoms with van der Waals surface area (Å²) in [5.74, 6) is -1.04. The van der Waals surface area contributed by atoms with Crippen molar-refractivity contribution in [1.82, 2.24) is 10.7 Å². The Morgan fingerprint density at radius 3 is 2.42 bits per heavy atom. The van der Waals surface area contributed by atoms with E-state index in [0.29, 0.717) is 28.5 Å². The lowest BCUT2D eigenvalue weighted by atomic mass is 10.1. The second kappa shape index (κ2) is 12.7. The number of carbonyl (C=O) groups is 3. The topological polar surface area (TPSA) is 106 Å². The maximum Gasteiger partial charge on any atom is 0.345 e. The van der Waals surface area contributed by atoms with Crippen molar-refractivity contribution in [2.24, 2.45) is 5.10 Å². The van der Waals surface area contributed by atoms with Crippen molar-refractivity contribution in [2.45, 2.75) is 13.8 Å². The molecule has 36 heavy (non-hydrogen) atoms. The highest BCUT2D eigenvalue weighted by Gasteiger charge is 2.16. The predicted octanol–water partition coefficient (Wildman–Crippen LogP) is 4.80. The minimum atomic E-state index is -0.668. The zero-order valence-corrected chi connectivity index (χ0v) is 21.0. The van der Waals surface area contributed by atoms with E-state index >= 15 is 0 Å². The molecule has 0 aliphatic heterocycles. The van der Waals surface area contributed by atoms with Gasteiger partial charge in [0.2, 0.25) is 0 Å². The molecule has 0 bridgehead atoms. The van der Waals surface area contributed by atoms with Crippen LogP contribution in [0.3, 0.4) is 0 Å². The lowest BCUT2D eigenvalue weighted by molar-refractivity contribution is -0.120. The molecule has 3 aromatic rings. The monoisotopic (exact) mass is 527 g/mol. The van der Waals surface area contributed by atoms with Gasteiger partial charge in [-0.2, -0.15) is 5.10 Å². The van der Waals surface area contributed by atoms with Crippen LogP contribution in [0.5, 0.6) is 11.5 Å². The number of hydrogen-bond acceptors (Lipinski definition) is 6. The molecule has 0 spiro atoms. The standard InChI is InChI=1S/C26H23Cl2N3O5/c1-3-35-23-12-17(6-11-22(23)36-26(34)20-10-9-19(27)13-21(20)28)14-30-31-24(32)15-29-25(33)18-7-4-16(2)5-8-18/h4-14H,3,15H2,1-2H3,(H,29,33)(H,31,32). The van der Waals surface area contributed by atoms with Crippen LogP contribution in [0.2, 0.25) is 10.0 Å². The minimum absolute atomic E-state index is 0.159. The molecule has 0 saturated heterocycles. The summed E-state index contributed by atoms with van der Waals surface area (Å²) in [4.78, 5) is 36.6. The first-order chi connectivity index (χ1) is 17.3. The van der Waals surface area contributed by atoms with Crippen molar-refractivity contribution in [1.29, 1.82) is 0 Å². The van der Waals surface area contributed by atoms with Crippen LogP contribution in [-0.4, -0.2) is 37.1 Å². The Labute approximate surface area is 218 Å². The van der Waals surface area contributed by atoms with Crippen LogP contribution < -0.4 is 20.2 Å². The number of nitrogens with zero attached hydrogens (tertiary/aromatic N) is 1. The van der Waals surface area contributed by atoms with Gasteiger partial charge in [-0.3, -0.25) is 9.59 Å². The summed E-state index contributed by atoms with van der Waals surface area (Å²) in [7, 11) is 0. The number of aryl methyl sites for hydroxylation is 1. The molecule has 0 saturated carbocycles. The summed E-state index contributed by atoms with van der Waals surface area (Å²) in [5.41, 5.74) is 4.56. The smallest absolute Gasteiger partial charge is 0.345 e. The van der Waals surface area contributed by atoms with E-state index in [-0.39, 0.29) is 28.8 Å². The number of benzene rings is 3. The lowest BCUT2D eigenvalue weighted by Gasteiger charge is -2.12. The molecule has 0 aliphatic carbocycles. The molecule has 0 unspecified atom stereocenters. The summed E-state index contributed by atoms with van der Waals surface area (Å²) < 4.78 is 11.0. The van der Waals surface area contributed by atoms with Gasteiger partial charge < -0.3 is 14.8 Å². The van der Waals surface area contributed by atoms with E-state index in [0.717, 1.165) is 5.56 Å². The fraction of sp³-hybridized carbons (Fsp3) is 0.154. The molecule has 2 amide bonds. The Balaban J connectivity index is 1.59. The van der Waals surface area contributed by atoms with Crippen molar-refractivity contribution < 1.29 is 23.9 Å². The number of amides is 2. The number of nitrogens with one attached hydrogen (secondary N) is 2. The Kier molecular flexibility index (Phi) is 9.44. The molecule has 8 nitrogen and oxygen atoms in total. The first-order valence-corrected chi connectivity index (χ1v) is 11.6. The third-order valence-corrected chi connectivity index (χ3v) is 5.30. The number of ether oxygens (including phenoxy) is 2. The van der Waals surface area contributed by atoms with Gasteiger partial charge in [-0.05, 0) is 67.9 Å². The third-order valence-electron chi connectivity index (χ3n) is 4.75. The fourth-order valence-corrected chi connectivity index (χ4v) is 3.44. The number of hydrazone groups is 1. The van der Waals surface area contributed by atoms with Crippen molar-refractivity contribution in [3.05, 3.63) is 93.0 Å². The van der Waals surface area contributed by atoms with Crippen LogP contribution in [0, 0.1) is 6.92 Å². The maximum atomic E-state index is 12.5. The number of halogens is 2. The highest BCUT2D eigenvalue weighted by atomic mass is 35.5. The van der Waals surface area contributed by atoms with Gasteiger partial charge in [0.25, 0.3) is 11.8 Å². The lowest BCUT2D eigenvalue weighted by Crippen LogP contribution is -2.34. The van der Waals surface area contributed by atoms with Crippen molar-refractivity contribution in [2.75, 3.05) is 13.2 Å². The van der Waals surface area contributed by atoms with E-state index in [9.17, 15) is 14.4 Å². The van der Waals surface area contributed by atoms with E-state index in [2.05, 4.69) is 15.8 Å². The largest absolute Gasteiger partial charge is 0.490 e. The molecule has 186 valence electrons. The van der Waals surface area contributed by atoms with Gasteiger partial charge in [-0.1, -0.05) is 40.9 Å². The second-order valence-corrected chi connectivity index (χ2v) is 8.34. The van der Waals surface area contributed by atoms with Crippen molar-refractivity contribution in [3.63, 3.8) is 0 Å². The molecular formula is C26H23Cl2N3O5. The molecular weight excluding hydrogens is 505 g/mol. The Morgan fingerprint density at radius 1 is 0.972 bits per heavy atom. The van der Waals surface area contributed by atoms with Crippen LogP contribution in [0.1, 0.15) is 38.8 Å². The number of rotatable bonds is 9. The molecule has 0 heterocycles. The third kappa shape index (κ3) is 7.56. The Morgan fingerprint density at radius 2 is 1.72 bits per heavy atom. The number of carbonyl (C=O) groups excluding carboxylic acids is 3. The number of esters is 1. The summed E-state index contributed by atoms with van der Waals surface area (Å²) in [6.07, 6.45) is 1.39. The van der Waals surface area contributed by atoms with Gasteiger partial charge in [-0.25, -0.2) is 10.2 Å². The summed E-state index contributed by atoms with van der Waals surface area (Å²) in [5, 5.41) is 6.99. The van der Waals surface area contributed by atoms with Gasteiger partial charge in [0.15, 0.2) is 11.5 Å². The first kappa shape index (κ1) is 26.7. The zero-order valence-electron chi connectivity index (χ0n) is 19.5. The zero-order chi connectivity index (χ0) is 26.1. The number of hydrogen-bond donors (Lipinski definition) is 2. The molecule has 3 aromatic carbocycles. The Hall–Kier alpha value is -3.88. The molecule has 10 heteroatoms. The van der Waals surface area contributed by atoms with E-state index in [1.807, 2.05) is 19.1 Å². The van der Waals surface area contributed by atoms with Crippen molar-refractivity contribution in [3.8, 4) is 11.5 Å². The highest BCUT2D eigenvalue weighted by Crippen LogP contribution is 2.30. The first-order valence-electron chi connectivity index (χ1n) is 10.9. The fourth-order valence-electron chi connectivity index (χ4n) is 2.95. The molecule has 0 fully saturated rings. The normalized spacial score (nSPS) is 10.7.